The highest BCUT2D eigenvalue weighted by Gasteiger charge is 2.28. The number of nitrogens with zero attached hydrogens (tertiary/aromatic N) is 2. The predicted molar refractivity (Wildman–Crippen MR) is 119 cm³/mol. The second kappa shape index (κ2) is 9.67. The predicted octanol–water partition coefficient (Wildman–Crippen LogP) is -1.72. The summed E-state index contributed by atoms with van der Waals surface area (Å²) in [5.41, 5.74) is 14.5. The maximum atomic E-state index is 13.0. The summed E-state index contributed by atoms with van der Waals surface area (Å²) in [6, 6.07) is 6.18. The van der Waals surface area contributed by atoms with Gasteiger partial charge in [0.25, 0.3) is 0 Å². The molecule has 0 amide bonds. The van der Waals surface area contributed by atoms with Gasteiger partial charge in [0.15, 0.2) is 5.84 Å². The summed E-state index contributed by atoms with van der Waals surface area (Å²) in [6.07, 6.45) is 2.38. The standard InChI is InChI=1S/C17H25N9O3S2/c18-14-4-1-11(9-23-14)12-2-3-13(30(27)24-8-10-5-6-22-7-10)16(31(21,28)29)15(12)17(19)25-26-20/h1-4,9-10,22,24,26H,5-8,20H2,(H2,18,23)(H2,19,25)(H2,21,28,29). The van der Waals surface area contributed by atoms with Crippen LogP contribution in [0.4, 0.5) is 5.82 Å². The van der Waals surface area contributed by atoms with Crippen molar-refractivity contribution in [1.29, 1.82) is 0 Å². The van der Waals surface area contributed by atoms with E-state index in [1.807, 2.05) is 5.53 Å². The Bertz CT molecular complexity index is 1100. The Labute approximate surface area is 182 Å². The van der Waals surface area contributed by atoms with Crippen LogP contribution in [0.5, 0.6) is 0 Å². The Morgan fingerprint density at radius 2 is 2.10 bits per heavy atom. The van der Waals surface area contributed by atoms with Crippen LogP contribution >= 0.6 is 0 Å². The van der Waals surface area contributed by atoms with Gasteiger partial charge in [-0.05, 0) is 49.2 Å². The lowest BCUT2D eigenvalue weighted by molar-refractivity contribution is 0.566. The number of anilines is 1. The molecule has 0 spiro atoms. The van der Waals surface area contributed by atoms with Gasteiger partial charge in [0.05, 0.1) is 4.90 Å². The van der Waals surface area contributed by atoms with Crippen molar-refractivity contribution in [2.75, 3.05) is 25.4 Å². The van der Waals surface area contributed by atoms with Crippen LogP contribution in [0.2, 0.25) is 0 Å². The van der Waals surface area contributed by atoms with E-state index in [1.165, 1.54) is 12.3 Å². The molecule has 1 aliphatic heterocycles. The maximum absolute atomic E-state index is 13.0. The van der Waals surface area contributed by atoms with Gasteiger partial charge in [0.1, 0.15) is 21.7 Å². The number of sulfonamides is 1. The number of hydrazine groups is 1. The van der Waals surface area contributed by atoms with Crippen LogP contribution in [0.3, 0.4) is 0 Å². The van der Waals surface area contributed by atoms with Crippen molar-refractivity contribution >= 4 is 32.7 Å². The SMILES string of the molecule is NN/N=C(\N)c1c(-c2ccc(N)nc2)ccc(S(=O)NCC2CCNC2)c1S(N)(=O)=O. The highest BCUT2D eigenvalue weighted by molar-refractivity contribution is 7.90. The van der Waals surface area contributed by atoms with Gasteiger partial charge in [-0.25, -0.2) is 38.8 Å². The summed E-state index contributed by atoms with van der Waals surface area (Å²) in [6.45, 7) is 2.12. The largest absolute Gasteiger partial charge is 0.384 e. The highest BCUT2D eigenvalue weighted by Crippen LogP contribution is 2.32. The van der Waals surface area contributed by atoms with Gasteiger partial charge in [-0.15, -0.1) is 5.10 Å². The number of nitrogens with two attached hydrogens (primary N) is 4. The van der Waals surface area contributed by atoms with Crippen LogP contribution in [0.15, 0.2) is 45.4 Å². The third-order valence-corrected chi connectivity index (χ3v) is 7.10. The van der Waals surface area contributed by atoms with Gasteiger partial charge in [0, 0.05) is 23.9 Å². The number of aromatic nitrogens is 1. The van der Waals surface area contributed by atoms with E-state index in [4.69, 9.17) is 22.4 Å². The van der Waals surface area contributed by atoms with E-state index in [0.29, 0.717) is 17.7 Å². The van der Waals surface area contributed by atoms with Gasteiger partial charge in [0.2, 0.25) is 10.0 Å². The van der Waals surface area contributed by atoms with Crippen molar-refractivity contribution in [2.45, 2.75) is 16.2 Å². The lowest BCUT2D eigenvalue weighted by Gasteiger charge is -2.18. The molecule has 2 heterocycles. The number of amidine groups is 1. The molecule has 2 unspecified atom stereocenters. The number of nitrogen functional groups attached to an aromatic ring is 1. The maximum Gasteiger partial charge on any atom is 0.240 e. The third kappa shape index (κ3) is 5.36. The van der Waals surface area contributed by atoms with E-state index in [9.17, 15) is 12.6 Å². The van der Waals surface area contributed by atoms with Gasteiger partial charge >= 0.3 is 0 Å². The first-order valence-corrected chi connectivity index (χ1v) is 12.0. The quantitative estimate of drug-likeness (QED) is 0.101. The summed E-state index contributed by atoms with van der Waals surface area (Å²) >= 11 is 0. The summed E-state index contributed by atoms with van der Waals surface area (Å²) < 4.78 is 41.1. The minimum Gasteiger partial charge on any atom is -0.384 e. The topological polar surface area (TPSA) is 217 Å². The van der Waals surface area contributed by atoms with Crippen molar-refractivity contribution in [3.05, 3.63) is 36.0 Å². The minimum atomic E-state index is -4.37. The monoisotopic (exact) mass is 467 g/mol. The van der Waals surface area contributed by atoms with Crippen molar-refractivity contribution < 1.29 is 12.6 Å². The Morgan fingerprint density at radius 3 is 2.68 bits per heavy atom. The molecule has 2 aromatic rings. The zero-order chi connectivity index (χ0) is 22.6. The Morgan fingerprint density at radius 1 is 1.32 bits per heavy atom. The molecular formula is C17H25N9O3S2. The average molecular weight is 468 g/mol. The molecule has 11 N–H and O–H groups in total. The van der Waals surface area contributed by atoms with Crippen molar-refractivity contribution in [2.24, 2.45) is 27.7 Å². The fraction of sp³-hybridized carbons (Fsp3) is 0.294. The molecule has 1 aliphatic rings. The van der Waals surface area contributed by atoms with Crippen LogP contribution in [0.25, 0.3) is 11.1 Å². The van der Waals surface area contributed by atoms with Gasteiger partial charge in [-0.3, -0.25) is 0 Å². The van der Waals surface area contributed by atoms with Crippen molar-refractivity contribution in [1.82, 2.24) is 20.6 Å². The molecule has 1 fully saturated rings. The fourth-order valence-electron chi connectivity index (χ4n) is 3.34. The number of benzene rings is 1. The van der Waals surface area contributed by atoms with Crippen molar-refractivity contribution in [3.8, 4) is 11.1 Å². The lowest BCUT2D eigenvalue weighted by atomic mass is 10.0. The van der Waals surface area contributed by atoms with E-state index < -0.39 is 25.9 Å². The number of primary sulfonamides is 1. The van der Waals surface area contributed by atoms with Crippen LogP contribution in [-0.2, 0) is 21.0 Å². The summed E-state index contributed by atoms with van der Waals surface area (Å²) in [5.74, 6) is 5.56. The molecule has 1 saturated heterocycles. The molecule has 2 atom stereocenters. The molecule has 0 saturated carbocycles. The van der Waals surface area contributed by atoms with E-state index >= 15 is 0 Å². The Balaban J connectivity index is 2.16. The molecule has 0 bridgehead atoms. The van der Waals surface area contributed by atoms with Gasteiger partial charge in [-0.2, -0.15) is 0 Å². The molecule has 0 radical (unpaired) electrons. The van der Waals surface area contributed by atoms with Crippen molar-refractivity contribution in [3.63, 3.8) is 0 Å². The molecule has 168 valence electrons. The highest BCUT2D eigenvalue weighted by atomic mass is 32.2. The van der Waals surface area contributed by atoms with Crippen LogP contribution in [0, 0.1) is 5.92 Å². The smallest absolute Gasteiger partial charge is 0.240 e. The minimum absolute atomic E-state index is 0.0363. The Hall–Kier alpha value is -2.62. The first-order chi connectivity index (χ1) is 14.7. The zero-order valence-electron chi connectivity index (χ0n) is 16.5. The summed E-state index contributed by atoms with van der Waals surface area (Å²) in [4.78, 5) is 3.58. The lowest BCUT2D eigenvalue weighted by Crippen LogP contribution is -2.30. The molecule has 0 aliphatic carbocycles. The van der Waals surface area contributed by atoms with E-state index in [0.717, 1.165) is 19.5 Å². The van der Waals surface area contributed by atoms with Gasteiger partial charge in [-0.1, -0.05) is 6.07 Å². The van der Waals surface area contributed by atoms with Crippen LogP contribution in [-0.4, -0.2) is 43.1 Å². The summed E-state index contributed by atoms with van der Waals surface area (Å²) in [7, 11) is -6.24. The zero-order valence-corrected chi connectivity index (χ0v) is 18.2. The third-order valence-electron chi connectivity index (χ3n) is 4.81. The molecule has 3 rings (SSSR count). The number of rotatable bonds is 8. The van der Waals surface area contributed by atoms with Gasteiger partial charge < -0.3 is 16.8 Å². The molecule has 31 heavy (non-hydrogen) atoms. The van der Waals surface area contributed by atoms with Crippen LogP contribution < -0.4 is 38.0 Å². The molecular weight excluding hydrogens is 442 g/mol. The number of pyridine rings is 1. The van der Waals surface area contributed by atoms with E-state index in [1.54, 1.807) is 18.2 Å². The molecule has 1 aromatic heterocycles. The Kier molecular flexibility index (Phi) is 7.19. The summed E-state index contributed by atoms with van der Waals surface area (Å²) in [5, 5.41) is 12.5. The first-order valence-electron chi connectivity index (χ1n) is 9.29. The number of hydrazone groups is 1. The molecule has 14 heteroatoms. The molecule has 1 aromatic carbocycles. The van der Waals surface area contributed by atoms with E-state index in [2.05, 4.69) is 20.1 Å². The average Bonchev–Trinajstić information content (AvgIpc) is 3.25. The first kappa shape index (κ1) is 23.1. The number of hydrogen-bond donors (Lipinski definition) is 7. The second-order valence-electron chi connectivity index (χ2n) is 6.93. The van der Waals surface area contributed by atoms with E-state index in [-0.39, 0.29) is 28.0 Å². The molecule has 12 nitrogen and oxygen atoms in total. The number of nitrogens with one attached hydrogen (secondary N) is 3. The number of hydrogen-bond acceptors (Lipinski definition) is 9. The second-order valence-corrected chi connectivity index (χ2v) is 9.70. The normalized spacial score (nSPS) is 18.1. The fourth-order valence-corrected chi connectivity index (χ4v) is 5.76. The van der Waals surface area contributed by atoms with Crippen LogP contribution in [0.1, 0.15) is 12.0 Å².